The lowest BCUT2D eigenvalue weighted by Gasteiger charge is -2.25. The first-order valence-corrected chi connectivity index (χ1v) is 39.0. The van der Waals surface area contributed by atoms with Crippen molar-refractivity contribution in [2.24, 2.45) is 0 Å². The summed E-state index contributed by atoms with van der Waals surface area (Å²) < 4.78 is 23.8. The van der Waals surface area contributed by atoms with Crippen molar-refractivity contribution in [3.05, 3.63) is 170 Å². The average molecular weight is 1300 g/mol. The van der Waals surface area contributed by atoms with Gasteiger partial charge in [0.2, 0.25) is 5.91 Å². The lowest BCUT2D eigenvalue weighted by molar-refractivity contribution is -0.870. The fourth-order valence-electron chi connectivity index (χ4n) is 10.2. The molecule has 0 spiro atoms. The van der Waals surface area contributed by atoms with Gasteiger partial charge in [-0.15, -0.1) is 0 Å². The number of hydrogen-bond donors (Lipinski definition) is 3. The minimum absolute atomic E-state index is 0.0422. The molecule has 0 saturated heterocycles. The Morgan fingerprint density at radius 3 is 1.00 bits per heavy atom. The van der Waals surface area contributed by atoms with Crippen LogP contribution >= 0.6 is 7.82 Å². The molecular weight excluding hydrogens is 1150 g/mol. The highest BCUT2D eigenvalue weighted by atomic mass is 31.2. The molecular formula is C83H142N2O6P+. The highest BCUT2D eigenvalue weighted by Crippen LogP contribution is 2.43. The Bertz CT molecular complexity index is 2110. The molecule has 0 rings (SSSR count). The molecule has 0 saturated carbocycles. The SMILES string of the molecule is CC/C=C\C/C=C\C/C=C\C/C=C\C/C=C\C/C=C\C/C=C\C/C=C\C/C=C\C/C=C\C/C=C\C/C=C\CCCCCCC(=O)NC(COP(=O)(O)OCC[N+](C)(C)C)C(O)/C=C/CC/C=C/CCCCCCCCCCCCCCCCCCCCCCCCC. The topological polar surface area (TPSA) is 105 Å². The zero-order valence-electron chi connectivity index (χ0n) is 60.0. The number of hydrogen-bond acceptors (Lipinski definition) is 5. The van der Waals surface area contributed by atoms with Crippen LogP contribution in [0.5, 0.6) is 0 Å². The number of nitrogens with zero attached hydrogens (tertiary/aromatic N) is 1. The highest BCUT2D eigenvalue weighted by Gasteiger charge is 2.28. The van der Waals surface area contributed by atoms with Crippen molar-refractivity contribution in [2.75, 3.05) is 40.9 Å². The molecule has 1 amide bonds. The van der Waals surface area contributed by atoms with Crippen LogP contribution in [-0.2, 0) is 18.4 Å². The molecule has 0 fully saturated rings. The Morgan fingerprint density at radius 2 is 0.663 bits per heavy atom. The summed E-state index contributed by atoms with van der Waals surface area (Å²) in [6.45, 7) is 4.67. The van der Waals surface area contributed by atoms with Gasteiger partial charge in [-0.1, -0.05) is 338 Å². The number of carbonyl (C=O) groups excluding carboxylic acids is 1. The maximum Gasteiger partial charge on any atom is 0.472 e. The van der Waals surface area contributed by atoms with Gasteiger partial charge in [-0.2, -0.15) is 0 Å². The van der Waals surface area contributed by atoms with Gasteiger partial charge in [0.15, 0.2) is 0 Å². The van der Waals surface area contributed by atoms with E-state index in [1.54, 1.807) is 6.08 Å². The summed E-state index contributed by atoms with van der Waals surface area (Å²) in [6, 6.07) is -0.892. The van der Waals surface area contributed by atoms with Gasteiger partial charge in [0.25, 0.3) is 0 Å². The van der Waals surface area contributed by atoms with Crippen LogP contribution in [-0.4, -0.2) is 73.4 Å². The number of aliphatic hydroxyl groups excluding tert-OH is 1. The van der Waals surface area contributed by atoms with Crippen LogP contribution in [0.15, 0.2) is 170 Å². The summed E-state index contributed by atoms with van der Waals surface area (Å²) in [4.78, 5) is 23.4. The number of allylic oxidation sites excluding steroid dienone is 27. The number of rotatable bonds is 67. The fraction of sp³-hybridized carbons (Fsp3) is 0.651. The first-order valence-electron chi connectivity index (χ1n) is 37.5. The summed E-state index contributed by atoms with van der Waals surface area (Å²) in [7, 11) is 1.52. The fourth-order valence-corrected chi connectivity index (χ4v) is 10.9. The summed E-state index contributed by atoms with van der Waals surface area (Å²) >= 11 is 0. The van der Waals surface area contributed by atoms with Gasteiger partial charge in [0.05, 0.1) is 39.9 Å². The third kappa shape index (κ3) is 73.3. The third-order valence-electron chi connectivity index (χ3n) is 15.9. The van der Waals surface area contributed by atoms with Crippen molar-refractivity contribution in [1.29, 1.82) is 0 Å². The van der Waals surface area contributed by atoms with E-state index in [9.17, 15) is 19.4 Å². The Balaban J connectivity index is 4.21. The molecule has 0 aliphatic heterocycles. The predicted octanol–water partition coefficient (Wildman–Crippen LogP) is 24.7. The zero-order chi connectivity index (χ0) is 66.9. The molecule has 0 aromatic rings. The molecule has 0 radical (unpaired) electrons. The minimum atomic E-state index is -4.38. The van der Waals surface area contributed by atoms with E-state index >= 15 is 0 Å². The second kappa shape index (κ2) is 71.2. The molecule has 0 aromatic heterocycles. The van der Waals surface area contributed by atoms with Crippen LogP contribution in [0.3, 0.4) is 0 Å². The Hall–Kier alpha value is -4.14. The lowest BCUT2D eigenvalue weighted by atomic mass is 10.0. The molecule has 3 atom stereocenters. The molecule has 3 unspecified atom stereocenters. The molecule has 0 aliphatic carbocycles. The highest BCUT2D eigenvalue weighted by molar-refractivity contribution is 7.47. The van der Waals surface area contributed by atoms with Crippen LogP contribution in [0, 0.1) is 0 Å². The van der Waals surface area contributed by atoms with E-state index < -0.39 is 20.0 Å². The number of carbonyl (C=O) groups is 1. The van der Waals surface area contributed by atoms with Gasteiger partial charge in [-0.3, -0.25) is 13.8 Å². The lowest BCUT2D eigenvalue weighted by Crippen LogP contribution is -2.45. The molecule has 0 heterocycles. The third-order valence-corrected chi connectivity index (χ3v) is 16.9. The van der Waals surface area contributed by atoms with Gasteiger partial charge >= 0.3 is 7.82 Å². The van der Waals surface area contributed by atoms with Crippen LogP contribution in [0.4, 0.5) is 0 Å². The van der Waals surface area contributed by atoms with E-state index in [0.29, 0.717) is 17.4 Å². The predicted molar refractivity (Wildman–Crippen MR) is 405 cm³/mol. The average Bonchev–Trinajstić information content (AvgIpc) is 2.63. The van der Waals surface area contributed by atoms with E-state index in [1.807, 2.05) is 27.2 Å². The second-order valence-electron chi connectivity index (χ2n) is 25.9. The monoisotopic (exact) mass is 1290 g/mol. The normalized spacial score (nSPS) is 14.6. The Morgan fingerprint density at radius 1 is 0.380 bits per heavy atom. The summed E-state index contributed by atoms with van der Waals surface area (Å²) in [6.07, 6.45) is 112. The summed E-state index contributed by atoms with van der Waals surface area (Å²) in [5.41, 5.74) is 0. The van der Waals surface area contributed by atoms with Crippen molar-refractivity contribution in [3.8, 4) is 0 Å². The molecule has 524 valence electrons. The Labute approximate surface area is 568 Å². The number of phosphoric acid groups is 1. The van der Waals surface area contributed by atoms with Gasteiger partial charge < -0.3 is 19.8 Å². The van der Waals surface area contributed by atoms with Crippen molar-refractivity contribution in [2.45, 2.75) is 309 Å². The van der Waals surface area contributed by atoms with Gasteiger partial charge in [0.1, 0.15) is 13.2 Å². The molecule has 0 aliphatic rings. The van der Waals surface area contributed by atoms with Crippen molar-refractivity contribution >= 4 is 13.7 Å². The van der Waals surface area contributed by atoms with E-state index in [4.69, 9.17) is 9.05 Å². The number of amides is 1. The largest absolute Gasteiger partial charge is 0.472 e. The van der Waals surface area contributed by atoms with Crippen molar-refractivity contribution < 1.29 is 32.9 Å². The summed E-state index contributed by atoms with van der Waals surface area (Å²) in [5, 5.41) is 14.0. The van der Waals surface area contributed by atoms with Crippen LogP contribution in [0.2, 0.25) is 0 Å². The molecule has 0 aromatic carbocycles. The van der Waals surface area contributed by atoms with Crippen LogP contribution in [0.1, 0.15) is 296 Å². The zero-order valence-corrected chi connectivity index (χ0v) is 60.9. The maximum absolute atomic E-state index is 13.1. The number of phosphoric ester groups is 1. The number of nitrogens with one attached hydrogen (secondary N) is 1. The van der Waals surface area contributed by atoms with E-state index in [-0.39, 0.29) is 19.1 Å². The quantitative estimate of drug-likeness (QED) is 0.0243. The van der Waals surface area contributed by atoms with E-state index in [1.165, 1.54) is 148 Å². The van der Waals surface area contributed by atoms with Crippen molar-refractivity contribution in [3.63, 3.8) is 0 Å². The molecule has 3 N–H and O–H groups in total. The van der Waals surface area contributed by atoms with Crippen LogP contribution < -0.4 is 5.32 Å². The molecule has 9 heteroatoms. The number of quaternary nitrogens is 1. The van der Waals surface area contributed by atoms with Gasteiger partial charge in [-0.25, -0.2) is 4.57 Å². The minimum Gasteiger partial charge on any atom is -0.387 e. The molecule has 92 heavy (non-hydrogen) atoms. The molecule has 8 nitrogen and oxygen atoms in total. The first kappa shape index (κ1) is 87.9. The van der Waals surface area contributed by atoms with E-state index in [0.717, 1.165) is 128 Å². The van der Waals surface area contributed by atoms with E-state index in [2.05, 4.69) is 177 Å². The Kier molecular flexibility index (Phi) is 68.0. The number of unbranched alkanes of at least 4 members (excludes halogenated alkanes) is 28. The van der Waals surface area contributed by atoms with Gasteiger partial charge in [-0.05, 0) is 122 Å². The summed E-state index contributed by atoms with van der Waals surface area (Å²) in [5.74, 6) is -0.215. The number of likely N-dealkylation sites (N-methyl/N-ethyl adjacent to an activating group) is 1. The van der Waals surface area contributed by atoms with Crippen LogP contribution in [0.25, 0.3) is 0 Å². The second-order valence-corrected chi connectivity index (χ2v) is 27.4. The van der Waals surface area contributed by atoms with Crippen molar-refractivity contribution in [1.82, 2.24) is 5.32 Å². The number of aliphatic hydroxyl groups is 1. The maximum atomic E-state index is 13.1. The smallest absolute Gasteiger partial charge is 0.387 e. The first-order chi connectivity index (χ1) is 45.0. The van der Waals surface area contributed by atoms with Gasteiger partial charge in [0, 0.05) is 6.42 Å². The molecule has 0 bridgehead atoms. The standard InChI is InChI=1S/C83H141N2O6P/c1-6-8-10-12-14-16-18-20-22-24-26-28-30-32-34-36-37-38-39-40-41-42-43-44-45-46-47-49-51-53-55-57-59-61-63-65-67-69-71-73-75-77-83(87)84-81(80-91-92(88,89)90-79-78-85(3,4)5)82(86)76-74-72-70-68-66-64-62-60-58-56-54-52-50-48-35-33-31-29-27-25-23-21-19-17-15-13-11-9-7-2/h8,10,14,16,20,22,26,28,32,34,37-38,40-41,43-44,46-47,51,53,57,59,63,65-66,68,74,76,81-82,86H,6-7,9,11-13,15,17-19,21,23-25,27,29-31,33,35-36,39,42,45,48-50,52,54-56,58,60-62,64,67,69-73,75,77-80H2,1-5H3,(H-,84,87,88,89)/p+1/b10-8-,16-14-,22-20-,28-26-,34-32-,38-37-,41-40-,44-43-,47-46-,53-51-,59-57-,65-63-,68-66+,76-74+.